The molecule has 20 heavy (non-hydrogen) atoms. The molecule has 110 valence electrons. The summed E-state index contributed by atoms with van der Waals surface area (Å²) < 4.78 is 37.8. The van der Waals surface area contributed by atoms with Crippen molar-refractivity contribution < 1.29 is 18.3 Å². The highest BCUT2D eigenvalue weighted by Crippen LogP contribution is 2.35. The summed E-state index contributed by atoms with van der Waals surface area (Å²) >= 11 is 0. The van der Waals surface area contributed by atoms with E-state index in [-0.39, 0.29) is 11.6 Å². The molecule has 2 aliphatic rings. The van der Waals surface area contributed by atoms with Gasteiger partial charge in [-0.1, -0.05) is 0 Å². The fourth-order valence-corrected chi connectivity index (χ4v) is 3.12. The van der Waals surface area contributed by atoms with Crippen LogP contribution in [0.15, 0.2) is 18.2 Å². The molecule has 1 spiro atoms. The van der Waals surface area contributed by atoms with Crippen molar-refractivity contribution in [3.8, 4) is 0 Å². The Balaban J connectivity index is 1.67. The highest BCUT2D eigenvalue weighted by atomic mass is 19.1. The minimum atomic E-state index is -0.555. The van der Waals surface area contributed by atoms with Gasteiger partial charge in [0.25, 0.3) is 0 Å². The van der Waals surface area contributed by atoms with Crippen molar-refractivity contribution in [1.29, 1.82) is 0 Å². The van der Waals surface area contributed by atoms with E-state index < -0.39 is 11.6 Å². The Bertz CT molecular complexity index is 449. The summed E-state index contributed by atoms with van der Waals surface area (Å²) in [4.78, 5) is 0. The Morgan fingerprint density at radius 3 is 2.45 bits per heavy atom. The van der Waals surface area contributed by atoms with Gasteiger partial charge in [0.05, 0.1) is 5.60 Å². The Hall–Kier alpha value is -1.20. The zero-order valence-electron chi connectivity index (χ0n) is 11.3. The van der Waals surface area contributed by atoms with E-state index in [0.29, 0.717) is 12.3 Å². The molecule has 2 aliphatic heterocycles. The predicted molar refractivity (Wildman–Crippen MR) is 71.7 cm³/mol. The number of anilines is 1. The van der Waals surface area contributed by atoms with Crippen LogP contribution in [0.4, 0.5) is 14.5 Å². The first kappa shape index (κ1) is 13.8. The average Bonchev–Trinajstić information content (AvgIpc) is 2.38. The van der Waals surface area contributed by atoms with Gasteiger partial charge >= 0.3 is 0 Å². The Morgan fingerprint density at radius 1 is 1.05 bits per heavy atom. The first-order valence-corrected chi connectivity index (χ1v) is 7.10. The predicted octanol–water partition coefficient (Wildman–Crippen LogP) is 3.10. The van der Waals surface area contributed by atoms with Crippen LogP contribution in [0.3, 0.4) is 0 Å². The Morgan fingerprint density at radius 2 is 1.75 bits per heavy atom. The third-order valence-electron chi connectivity index (χ3n) is 4.13. The number of hydrogen-bond acceptors (Lipinski definition) is 3. The van der Waals surface area contributed by atoms with Crippen LogP contribution in [0.25, 0.3) is 0 Å². The molecule has 2 heterocycles. The third kappa shape index (κ3) is 3.10. The molecule has 0 radical (unpaired) electrons. The summed E-state index contributed by atoms with van der Waals surface area (Å²) in [6, 6.07) is 3.72. The number of rotatable bonds is 2. The second-order valence-corrected chi connectivity index (χ2v) is 5.64. The zero-order valence-corrected chi connectivity index (χ0v) is 11.3. The molecule has 2 fully saturated rings. The molecule has 5 heteroatoms. The van der Waals surface area contributed by atoms with Crippen LogP contribution in [0.1, 0.15) is 25.7 Å². The molecule has 1 unspecified atom stereocenters. The van der Waals surface area contributed by atoms with Crippen LogP contribution in [0.5, 0.6) is 0 Å². The normalized spacial score (nSPS) is 25.6. The van der Waals surface area contributed by atoms with Gasteiger partial charge in [-0.2, -0.15) is 0 Å². The van der Waals surface area contributed by atoms with Gasteiger partial charge in [0.2, 0.25) is 0 Å². The summed E-state index contributed by atoms with van der Waals surface area (Å²) in [5.41, 5.74) is 0.372. The van der Waals surface area contributed by atoms with Crippen LogP contribution in [0, 0.1) is 11.6 Å². The minimum absolute atomic E-state index is 0.125. The number of halogens is 2. The van der Waals surface area contributed by atoms with Crippen LogP contribution < -0.4 is 5.32 Å². The average molecular weight is 283 g/mol. The summed E-state index contributed by atoms with van der Waals surface area (Å²) in [6.07, 6.45) is 3.49. The summed E-state index contributed by atoms with van der Waals surface area (Å²) in [5, 5.41) is 3.23. The molecule has 0 bridgehead atoms. The van der Waals surface area contributed by atoms with Gasteiger partial charge < -0.3 is 14.8 Å². The maximum atomic E-state index is 13.2. The lowest BCUT2D eigenvalue weighted by Crippen LogP contribution is -2.47. The van der Waals surface area contributed by atoms with Gasteiger partial charge in [-0.15, -0.1) is 0 Å². The fourth-order valence-electron chi connectivity index (χ4n) is 3.12. The summed E-state index contributed by atoms with van der Waals surface area (Å²) in [5.74, 6) is -1.11. The Kier molecular flexibility index (Phi) is 3.89. The molecule has 1 aromatic carbocycles. The van der Waals surface area contributed by atoms with E-state index in [1.807, 2.05) is 0 Å². The van der Waals surface area contributed by atoms with E-state index in [1.165, 1.54) is 12.1 Å². The van der Waals surface area contributed by atoms with Crippen molar-refractivity contribution in [3.05, 3.63) is 29.8 Å². The lowest BCUT2D eigenvalue weighted by molar-refractivity contribution is -0.135. The lowest BCUT2D eigenvalue weighted by atomic mass is 9.84. The van der Waals surface area contributed by atoms with E-state index in [2.05, 4.69) is 5.32 Å². The van der Waals surface area contributed by atoms with E-state index >= 15 is 0 Å². The zero-order chi connectivity index (χ0) is 14.0. The molecule has 1 aromatic rings. The third-order valence-corrected chi connectivity index (χ3v) is 4.13. The summed E-state index contributed by atoms with van der Waals surface area (Å²) in [7, 11) is 0. The first-order chi connectivity index (χ1) is 9.65. The van der Waals surface area contributed by atoms with Gasteiger partial charge in [0.1, 0.15) is 11.6 Å². The van der Waals surface area contributed by atoms with Crippen molar-refractivity contribution in [2.45, 2.75) is 37.3 Å². The van der Waals surface area contributed by atoms with Gasteiger partial charge in [-0.3, -0.25) is 0 Å². The van der Waals surface area contributed by atoms with E-state index in [4.69, 9.17) is 9.47 Å². The van der Waals surface area contributed by atoms with E-state index in [9.17, 15) is 8.78 Å². The van der Waals surface area contributed by atoms with Crippen molar-refractivity contribution in [2.24, 2.45) is 0 Å². The van der Waals surface area contributed by atoms with Gasteiger partial charge in [0.15, 0.2) is 0 Å². The molecule has 1 N–H and O–H groups in total. The SMILES string of the molecule is Fc1cc(F)cc(NC2CCOC3(CCOCC3)C2)c1. The largest absolute Gasteiger partial charge is 0.382 e. The van der Waals surface area contributed by atoms with Crippen LogP contribution in [-0.2, 0) is 9.47 Å². The lowest BCUT2D eigenvalue weighted by Gasteiger charge is -2.43. The molecule has 0 aromatic heterocycles. The van der Waals surface area contributed by atoms with Crippen LogP contribution in [-0.4, -0.2) is 31.5 Å². The van der Waals surface area contributed by atoms with Crippen molar-refractivity contribution in [3.63, 3.8) is 0 Å². The molecule has 3 rings (SSSR count). The number of hydrogen-bond donors (Lipinski definition) is 1. The van der Waals surface area contributed by atoms with Crippen molar-refractivity contribution >= 4 is 5.69 Å². The number of benzene rings is 1. The molecule has 0 aliphatic carbocycles. The minimum Gasteiger partial charge on any atom is -0.382 e. The van der Waals surface area contributed by atoms with Crippen LogP contribution in [0.2, 0.25) is 0 Å². The molecule has 0 amide bonds. The second kappa shape index (κ2) is 5.66. The van der Waals surface area contributed by atoms with Crippen LogP contribution >= 0.6 is 0 Å². The smallest absolute Gasteiger partial charge is 0.128 e. The maximum absolute atomic E-state index is 13.2. The van der Waals surface area contributed by atoms with Gasteiger partial charge in [0, 0.05) is 37.6 Å². The van der Waals surface area contributed by atoms with Gasteiger partial charge in [-0.25, -0.2) is 8.78 Å². The highest BCUT2D eigenvalue weighted by molar-refractivity contribution is 5.44. The quantitative estimate of drug-likeness (QED) is 0.904. The number of nitrogens with one attached hydrogen (secondary N) is 1. The Labute approximate surface area is 117 Å². The molecule has 1 atom stereocenters. The van der Waals surface area contributed by atoms with E-state index in [0.717, 1.165) is 45.0 Å². The maximum Gasteiger partial charge on any atom is 0.128 e. The molecular formula is C15H19F2NO2. The second-order valence-electron chi connectivity index (χ2n) is 5.64. The van der Waals surface area contributed by atoms with Gasteiger partial charge in [-0.05, 0) is 37.8 Å². The topological polar surface area (TPSA) is 30.5 Å². The summed E-state index contributed by atoms with van der Waals surface area (Å²) in [6.45, 7) is 2.12. The fraction of sp³-hybridized carbons (Fsp3) is 0.600. The monoisotopic (exact) mass is 283 g/mol. The van der Waals surface area contributed by atoms with E-state index in [1.54, 1.807) is 0 Å². The number of ether oxygens (including phenoxy) is 2. The molecule has 2 saturated heterocycles. The van der Waals surface area contributed by atoms with Crippen molar-refractivity contribution in [1.82, 2.24) is 0 Å². The molecule has 3 nitrogen and oxygen atoms in total. The standard InChI is InChI=1S/C15H19F2NO2/c16-11-7-12(17)9-14(8-11)18-13-1-4-20-15(10-13)2-5-19-6-3-15/h7-9,13,18H,1-6,10H2. The highest BCUT2D eigenvalue weighted by Gasteiger charge is 2.38. The molecular weight excluding hydrogens is 264 g/mol. The molecule has 0 saturated carbocycles. The first-order valence-electron chi connectivity index (χ1n) is 7.10. The van der Waals surface area contributed by atoms with Crippen molar-refractivity contribution in [2.75, 3.05) is 25.1 Å².